The van der Waals surface area contributed by atoms with Crippen LogP contribution >= 0.6 is 22.7 Å². The Labute approximate surface area is 215 Å². The van der Waals surface area contributed by atoms with Crippen molar-refractivity contribution in [3.05, 3.63) is 70.4 Å². The normalized spacial score (nSPS) is 16.2. The summed E-state index contributed by atoms with van der Waals surface area (Å²) >= 11 is 2.99. The number of rotatable bonds is 2. The van der Waals surface area contributed by atoms with E-state index in [1.165, 1.54) is 64.2 Å². The van der Waals surface area contributed by atoms with Gasteiger partial charge < -0.3 is 9.69 Å². The van der Waals surface area contributed by atoms with Crippen LogP contribution in [0.4, 0.5) is 10.0 Å². The summed E-state index contributed by atoms with van der Waals surface area (Å²) in [7, 11) is 0. The van der Waals surface area contributed by atoms with Gasteiger partial charge in [0.25, 0.3) is 0 Å². The minimum absolute atomic E-state index is 0.0370. The average molecular weight is 501 g/mol. The van der Waals surface area contributed by atoms with Crippen molar-refractivity contribution in [3.8, 4) is 23.3 Å². The van der Waals surface area contributed by atoms with E-state index in [4.69, 9.17) is 23.7 Å². The first kappa shape index (κ1) is 22.1. The van der Waals surface area contributed by atoms with Crippen LogP contribution in [0.25, 0.3) is 41.0 Å². The van der Waals surface area contributed by atoms with E-state index in [9.17, 15) is 0 Å². The molecule has 0 atom stereocenters. The highest BCUT2D eigenvalue weighted by molar-refractivity contribution is 7.23. The number of nitriles is 2. The van der Waals surface area contributed by atoms with Gasteiger partial charge in [0, 0.05) is 26.9 Å². The summed E-state index contributed by atoms with van der Waals surface area (Å²) in [6.45, 7) is 14.3. The molecular formula is C28H16N6S2. The fraction of sp³-hybridized carbons (Fsp3) is 0.214. The lowest BCUT2D eigenvalue weighted by atomic mass is 9.67. The predicted molar refractivity (Wildman–Crippen MR) is 145 cm³/mol. The van der Waals surface area contributed by atoms with Gasteiger partial charge in [0.1, 0.15) is 12.1 Å². The molecule has 1 fully saturated rings. The third-order valence-corrected chi connectivity index (χ3v) is 9.14. The zero-order chi connectivity index (χ0) is 24.9. The quantitative estimate of drug-likeness (QED) is 0.158. The smallest absolute Gasteiger partial charge is 0.350 e. The molecule has 0 saturated heterocycles. The second-order valence-corrected chi connectivity index (χ2v) is 11.1. The summed E-state index contributed by atoms with van der Waals surface area (Å²) in [5.41, 5.74) is 5.16. The van der Waals surface area contributed by atoms with Crippen LogP contribution in [-0.4, -0.2) is 11.7 Å². The first-order valence-electron chi connectivity index (χ1n) is 11.5. The van der Waals surface area contributed by atoms with Crippen LogP contribution in [0.1, 0.15) is 43.2 Å². The Hall–Kier alpha value is -4.34. The van der Waals surface area contributed by atoms with Crippen molar-refractivity contribution in [1.29, 1.82) is 10.5 Å². The van der Waals surface area contributed by atoms with Gasteiger partial charge in [0.2, 0.25) is 10.0 Å². The molecule has 2 aromatic carbocycles. The van der Waals surface area contributed by atoms with Gasteiger partial charge in [-0.2, -0.15) is 0 Å². The molecular weight excluding hydrogens is 484 g/mol. The van der Waals surface area contributed by atoms with E-state index in [0.717, 1.165) is 33.0 Å². The Bertz CT molecular complexity index is 1660. The molecule has 170 valence electrons. The first-order valence-corrected chi connectivity index (χ1v) is 13.1. The molecule has 0 bridgehead atoms. The highest BCUT2D eigenvalue weighted by Gasteiger charge is 2.44. The zero-order valence-electron chi connectivity index (χ0n) is 19.0. The maximum atomic E-state index is 9.11. The van der Waals surface area contributed by atoms with Gasteiger partial charge in [0.05, 0.1) is 0 Å². The molecule has 1 saturated carbocycles. The van der Waals surface area contributed by atoms with E-state index in [2.05, 4.69) is 43.9 Å². The van der Waals surface area contributed by atoms with E-state index in [1.54, 1.807) is 0 Å². The Morgan fingerprint density at radius 1 is 0.750 bits per heavy atom. The molecule has 4 aromatic rings. The number of aliphatic imine (C=N–C) groups is 2. The lowest BCUT2D eigenvalue weighted by Crippen LogP contribution is -2.28. The number of hydrogen-bond donors (Lipinski definition) is 0. The first-order chi connectivity index (χ1) is 17.6. The third kappa shape index (κ3) is 3.32. The van der Waals surface area contributed by atoms with E-state index < -0.39 is 0 Å². The van der Waals surface area contributed by atoms with Crippen molar-refractivity contribution >= 4 is 64.5 Å². The van der Waals surface area contributed by atoms with E-state index in [1.807, 2.05) is 24.3 Å². The Kier molecular flexibility index (Phi) is 5.17. The van der Waals surface area contributed by atoms with Crippen LogP contribution in [0.5, 0.6) is 0 Å². The lowest BCUT2D eigenvalue weighted by Gasteiger charge is -2.36. The highest BCUT2D eigenvalue weighted by atomic mass is 32.1. The molecule has 6 rings (SSSR count). The molecule has 0 aliphatic heterocycles. The van der Waals surface area contributed by atoms with Gasteiger partial charge in [0.15, 0.2) is 0 Å². The van der Waals surface area contributed by atoms with Gasteiger partial charge in [-0.15, -0.1) is 0 Å². The summed E-state index contributed by atoms with van der Waals surface area (Å²) in [4.78, 5) is 14.9. The lowest BCUT2D eigenvalue weighted by molar-refractivity contribution is 0.353. The second-order valence-electron chi connectivity index (χ2n) is 9.00. The van der Waals surface area contributed by atoms with Crippen LogP contribution in [0, 0.1) is 35.8 Å². The predicted octanol–water partition coefficient (Wildman–Crippen LogP) is 8.29. The van der Waals surface area contributed by atoms with Gasteiger partial charge >= 0.3 is 11.7 Å². The fourth-order valence-corrected chi connectivity index (χ4v) is 7.60. The summed E-state index contributed by atoms with van der Waals surface area (Å²) in [6.07, 6.45) is 5.80. The summed E-state index contributed by atoms with van der Waals surface area (Å²) in [5.74, 6) is -0.306. The van der Waals surface area contributed by atoms with Gasteiger partial charge in [-0.3, -0.25) is 0 Å². The SMILES string of the molecule is [C-]#[N+]C(C#N)=Nc1cc2cc3c(cc2s1)-c1cc2sc(N=C(C#N)[N+]#[C-])cc2cc1C31CCCCC1. The molecule has 6 nitrogen and oxygen atoms in total. The minimum Gasteiger partial charge on any atom is -0.351 e. The number of thiophene rings is 2. The monoisotopic (exact) mass is 500 g/mol. The van der Waals surface area contributed by atoms with Crippen molar-refractivity contribution in [1.82, 2.24) is 0 Å². The molecule has 2 heterocycles. The molecule has 2 aromatic heterocycles. The van der Waals surface area contributed by atoms with Gasteiger partial charge in [-0.25, -0.2) is 10.5 Å². The van der Waals surface area contributed by atoms with E-state index >= 15 is 0 Å². The van der Waals surface area contributed by atoms with Crippen LogP contribution in [0.3, 0.4) is 0 Å². The number of amidine groups is 2. The molecule has 0 radical (unpaired) electrons. The van der Waals surface area contributed by atoms with Crippen molar-refractivity contribution in [3.63, 3.8) is 0 Å². The number of hydrogen-bond acceptors (Lipinski definition) is 6. The van der Waals surface area contributed by atoms with Crippen LogP contribution in [0.15, 0.2) is 46.4 Å². The average Bonchev–Trinajstić information content (AvgIpc) is 3.56. The van der Waals surface area contributed by atoms with Crippen molar-refractivity contribution in [2.75, 3.05) is 0 Å². The second kappa shape index (κ2) is 8.40. The summed E-state index contributed by atoms with van der Waals surface area (Å²) in [5, 5.41) is 21.8. The van der Waals surface area contributed by atoms with Crippen LogP contribution in [-0.2, 0) is 5.41 Å². The highest BCUT2D eigenvalue weighted by Crippen LogP contribution is 2.58. The van der Waals surface area contributed by atoms with Crippen molar-refractivity contribution in [2.45, 2.75) is 37.5 Å². The molecule has 2 aliphatic rings. The Morgan fingerprint density at radius 2 is 1.22 bits per heavy atom. The number of nitrogens with zero attached hydrogens (tertiary/aromatic N) is 6. The van der Waals surface area contributed by atoms with E-state index in [0.29, 0.717) is 10.0 Å². The van der Waals surface area contributed by atoms with E-state index in [-0.39, 0.29) is 17.1 Å². The number of fused-ring (bicyclic) bond motifs is 7. The maximum Gasteiger partial charge on any atom is 0.350 e. The topological polar surface area (TPSA) is 81.0 Å². The fourth-order valence-electron chi connectivity index (χ4n) is 5.69. The van der Waals surface area contributed by atoms with Crippen LogP contribution in [0.2, 0.25) is 0 Å². The van der Waals surface area contributed by atoms with Crippen molar-refractivity contribution in [2.24, 2.45) is 9.98 Å². The molecule has 8 heteroatoms. The molecule has 0 N–H and O–H groups in total. The summed E-state index contributed by atoms with van der Waals surface area (Å²) < 4.78 is 2.17. The summed E-state index contributed by atoms with van der Waals surface area (Å²) in [6, 6.07) is 16.7. The van der Waals surface area contributed by atoms with Crippen LogP contribution < -0.4 is 0 Å². The molecule has 1 spiro atoms. The molecule has 0 unspecified atom stereocenters. The van der Waals surface area contributed by atoms with Gasteiger partial charge in [-0.05, 0) is 70.1 Å². The zero-order valence-corrected chi connectivity index (χ0v) is 20.6. The molecule has 36 heavy (non-hydrogen) atoms. The molecule has 2 aliphatic carbocycles. The minimum atomic E-state index is -0.153. The molecule has 0 amide bonds. The van der Waals surface area contributed by atoms with Crippen molar-refractivity contribution < 1.29 is 0 Å². The third-order valence-electron chi connectivity index (χ3n) is 7.16. The largest absolute Gasteiger partial charge is 0.351 e. The standard InChI is InChI=1S/C28H16N6S2/c1-31-24(14-29)33-26-10-16-8-20-18(12-22(16)35-26)19-13-23-17(11-27(36-23)34-25(15-30)32-2)9-21(19)28(20)6-4-3-5-7-28/h8-13H,3-7H2. The number of benzene rings is 2. The Balaban J connectivity index is 1.57. The van der Waals surface area contributed by atoms with Gasteiger partial charge in [-0.1, -0.05) is 65.1 Å². The maximum absolute atomic E-state index is 9.11. The Morgan fingerprint density at radius 3 is 1.64 bits per heavy atom.